The molecule has 5 heteroatoms. The Bertz CT molecular complexity index is 378. The lowest BCUT2D eigenvalue weighted by atomic mass is 10.2. The van der Waals surface area contributed by atoms with Crippen LogP contribution in [0.4, 0.5) is 0 Å². The molecule has 1 aromatic heterocycles. The third-order valence-electron chi connectivity index (χ3n) is 3.21. The molecule has 1 saturated heterocycles. The van der Waals surface area contributed by atoms with E-state index < -0.39 is 0 Å². The predicted octanol–water partition coefficient (Wildman–Crippen LogP) is 1.95. The Kier molecular flexibility index (Phi) is 5.12. The lowest BCUT2D eigenvalue weighted by molar-refractivity contribution is -0.0299. The third-order valence-corrected chi connectivity index (χ3v) is 4.46. The highest BCUT2D eigenvalue weighted by Crippen LogP contribution is 2.28. The average molecular weight is 269 g/mol. The number of hydrogen-bond acceptors (Lipinski definition) is 5. The molecule has 0 aliphatic carbocycles. The summed E-state index contributed by atoms with van der Waals surface area (Å²) in [5, 5.41) is 4.33. The lowest BCUT2D eigenvalue weighted by Crippen LogP contribution is -2.38. The van der Waals surface area contributed by atoms with E-state index in [-0.39, 0.29) is 6.10 Å². The first kappa shape index (κ1) is 13.9. The van der Waals surface area contributed by atoms with Gasteiger partial charge in [0.15, 0.2) is 0 Å². The molecule has 2 rings (SSSR count). The Morgan fingerprint density at radius 3 is 3.11 bits per heavy atom. The zero-order valence-electron chi connectivity index (χ0n) is 11.5. The van der Waals surface area contributed by atoms with Crippen molar-refractivity contribution < 1.29 is 4.74 Å². The number of nitrogens with zero attached hydrogens (tertiary/aromatic N) is 2. The summed E-state index contributed by atoms with van der Waals surface area (Å²) in [4.78, 5) is 8.47. The second kappa shape index (κ2) is 6.61. The average Bonchev–Trinajstić information content (AvgIpc) is 2.73. The molecule has 4 nitrogen and oxygen atoms in total. The van der Waals surface area contributed by atoms with E-state index in [2.05, 4.69) is 29.0 Å². The van der Waals surface area contributed by atoms with E-state index in [9.17, 15) is 0 Å². The highest BCUT2D eigenvalue weighted by Gasteiger charge is 2.24. The monoisotopic (exact) mass is 269 g/mol. The van der Waals surface area contributed by atoms with Crippen LogP contribution in [0.15, 0.2) is 0 Å². The molecular weight excluding hydrogens is 246 g/mol. The summed E-state index contributed by atoms with van der Waals surface area (Å²) in [6.45, 7) is 9.23. The number of ether oxygens (including phenoxy) is 1. The topological polar surface area (TPSA) is 37.4 Å². The van der Waals surface area contributed by atoms with Gasteiger partial charge in [0.2, 0.25) is 0 Å². The second-order valence-corrected chi connectivity index (χ2v) is 5.87. The van der Waals surface area contributed by atoms with Gasteiger partial charge in [-0.3, -0.25) is 4.90 Å². The van der Waals surface area contributed by atoms with E-state index in [1.807, 2.05) is 7.05 Å². The van der Waals surface area contributed by atoms with Crippen molar-refractivity contribution in [3.63, 3.8) is 0 Å². The minimum absolute atomic E-state index is 0.166. The molecule has 1 atom stereocenters. The molecule has 1 aliphatic rings. The van der Waals surface area contributed by atoms with Crippen molar-refractivity contribution in [1.29, 1.82) is 0 Å². The minimum atomic E-state index is 0.166. The van der Waals surface area contributed by atoms with Crippen molar-refractivity contribution in [3.8, 4) is 0 Å². The van der Waals surface area contributed by atoms with E-state index >= 15 is 0 Å². The maximum absolute atomic E-state index is 5.87. The first-order valence-corrected chi connectivity index (χ1v) is 7.51. The molecule has 0 bridgehead atoms. The van der Waals surface area contributed by atoms with Crippen molar-refractivity contribution in [2.24, 2.45) is 0 Å². The zero-order chi connectivity index (χ0) is 13.0. The molecular formula is C13H23N3OS. The fourth-order valence-corrected chi connectivity index (χ4v) is 3.40. The predicted molar refractivity (Wildman–Crippen MR) is 75.0 cm³/mol. The Morgan fingerprint density at radius 2 is 2.39 bits per heavy atom. The van der Waals surface area contributed by atoms with Gasteiger partial charge in [-0.05, 0) is 26.9 Å². The summed E-state index contributed by atoms with van der Waals surface area (Å²) in [5.41, 5.74) is 1.14. The highest BCUT2D eigenvalue weighted by molar-refractivity contribution is 7.11. The largest absolute Gasteiger partial charge is 0.368 e. The van der Waals surface area contributed by atoms with E-state index in [1.165, 1.54) is 11.3 Å². The van der Waals surface area contributed by atoms with Gasteiger partial charge < -0.3 is 10.1 Å². The van der Waals surface area contributed by atoms with Crippen LogP contribution in [0.2, 0.25) is 0 Å². The molecule has 0 saturated carbocycles. The first-order chi connectivity index (χ1) is 8.74. The van der Waals surface area contributed by atoms with Gasteiger partial charge in [0.1, 0.15) is 11.1 Å². The summed E-state index contributed by atoms with van der Waals surface area (Å²) >= 11 is 1.79. The number of thiazole rings is 1. The number of hydrogen-bond donors (Lipinski definition) is 1. The normalized spacial score (nSPS) is 21.4. The number of aromatic nitrogens is 1. The van der Waals surface area contributed by atoms with E-state index in [0.717, 1.165) is 43.5 Å². The van der Waals surface area contributed by atoms with Crippen molar-refractivity contribution >= 4 is 11.3 Å². The van der Waals surface area contributed by atoms with Crippen LogP contribution in [0, 0.1) is 6.92 Å². The van der Waals surface area contributed by atoms with Gasteiger partial charge in [-0.25, -0.2) is 4.98 Å². The molecule has 0 radical (unpaired) electrons. The molecule has 18 heavy (non-hydrogen) atoms. The Morgan fingerprint density at radius 1 is 1.56 bits per heavy atom. The van der Waals surface area contributed by atoms with Crippen LogP contribution in [0.25, 0.3) is 0 Å². The van der Waals surface area contributed by atoms with Crippen molar-refractivity contribution in [2.45, 2.75) is 32.9 Å². The number of nitrogens with one attached hydrogen (secondary N) is 1. The van der Waals surface area contributed by atoms with Crippen LogP contribution in [-0.2, 0) is 11.3 Å². The van der Waals surface area contributed by atoms with Gasteiger partial charge >= 0.3 is 0 Å². The van der Waals surface area contributed by atoms with Gasteiger partial charge in [-0.2, -0.15) is 0 Å². The van der Waals surface area contributed by atoms with Gasteiger partial charge in [0.25, 0.3) is 0 Å². The van der Waals surface area contributed by atoms with Crippen molar-refractivity contribution in [1.82, 2.24) is 15.2 Å². The van der Waals surface area contributed by atoms with Crippen LogP contribution < -0.4 is 5.32 Å². The van der Waals surface area contributed by atoms with Gasteiger partial charge in [-0.15, -0.1) is 11.3 Å². The molecule has 1 N–H and O–H groups in total. The first-order valence-electron chi connectivity index (χ1n) is 6.69. The number of rotatable bonds is 5. The fraction of sp³-hybridized carbons (Fsp3) is 0.769. The van der Waals surface area contributed by atoms with Gasteiger partial charge in [0.05, 0.1) is 12.3 Å². The summed E-state index contributed by atoms with van der Waals surface area (Å²) in [7, 11) is 1.97. The maximum Gasteiger partial charge on any atom is 0.123 e. The quantitative estimate of drug-likeness (QED) is 0.886. The highest BCUT2D eigenvalue weighted by atomic mass is 32.1. The van der Waals surface area contributed by atoms with Crippen molar-refractivity contribution in [2.75, 3.05) is 33.3 Å². The summed E-state index contributed by atoms with van der Waals surface area (Å²) in [5.74, 6) is 0. The standard InChI is InChI=1S/C13H23N3OS/c1-4-5-16-6-7-17-11(9-16)13-15-10(2)12(18-13)8-14-3/h11,14H,4-9H2,1-3H3. The summed E-state index contributed by atoms with van der Waals surface area (Å²) in [6, 6.07) is 0. The van der Waals surface area contributed by atoms with Crippen LogP contribution >= 0.6 is 11.3 Å². The van der Waals surface area contributed by atoms with E-state index in [4.69, 9.17) is 4.74 Å². The van der Waals surface area contributed by atoms with Crippen LogP contribution in [0.1, 0.15) is 35.0 Å². The molecule has 2 heterocycles. The molecule has 1 unspecified atom stereocenters. The number of aryl methyl sites for hydroxylation is 1. The van der Waals surface area contributed by atoms with Crippen LogP contribution in [-0.4, -0.2) is 43.2 Å². The molecule has 102 valence electrons. The Balaban J connectivity index is 2.03. The zero-order valence-corrected chi connectivity index (χ0v) is 12.3. The lowest BCUT2D eigenvalue weighted by Gasteiger charge is -2.31. The third kappa shape index (κ3) is 3.29. The Labute approximate surface area is 113 Å². The van der Waals surface area contributed by atoms with Gasteiger partial charge in [-0.1, -0.05) is 6.92 Å². The number of morpholine rings is 1. The Hall–Kier alpha value is -0.490. The maximum atomic E-state index is 5.87. The molecule has 0 aromatic carbocycles. The molecule has 1 aliphatic heterocycles. The fourth-order valence-electron chi connectivity index (χ4n) is 2.28. The second-order valence-electron chi connectivity index (χ2n) is 4.75. The minimum Gasteiger partial charge on any atom is -0.368 e. The molecule has 0 amide bonds. The molecule has 1 fully saturated rings. The van der Waals surface area contributed by atoms with Gasteiger partial charge in [0, 0.05) is 24.5 Å². The van der Waals surface area contributed by atoms with Crippen LogP contribution in [0.5, 0.6) is 0 Å². The molecule has 1 aromatic rings. The summed E-state index contributed by atoms with van der Waals surface area (Å²) < 4.78 is 5.87. The van der Waals surface area contributed by atoms with E-state index in [1.54, 1.807) is 11.3 Å². The summed E-state index contributed by atoms with van der Waals surface area (Å²) in [6.07, 6.45) is 1.37. The SMILES string of the molecule is CCCN1CCOC(c2nc(C)c(CNC)s2)C1. The van der Waals surface area contributed by atoms with Crippen molar-refractivity contribution in [3.05, 3.63) is 15.6 Å². The molecule has 0 spiro atoms. The van der Waals surface area contributed by atoms with Crippen LogP contribution in [0.3, 0.4) is 0 Å². The van der Waals surface area contributed by atoms with E-state index in [0.29, 0.717) is 0 Å². The smallest absolute Gasteiger partial charge is 0.123 e.